The lowest BCUT2D eigenvalue weighted by molar-refractivity contribution is 1.26. The molecule has 0 saturated carbocycles. The molecule has 0 radical (unpaired) electrons. The smallest absolute Gasteiger partial charge is 0.0708 e. The Morgan fingerprint density at radius 2 is 2.21 bits per heavy atom. The Labute approximate surface area is 82.3 Å². The molecule has 0 aliphatic carbocycles. The number of fused-ring (bicyclic) bond motifs is 1. The molecule has 0 saturated heterocycles. The molecule has 0 unspecified atom stereocenters. The Balaban J connectivity index is 2.82. The van der Waals surface area contributed by atoms with Crippen LogP contribution in [0.5, 0.6) is 0 Å². The minimum absolute atomic E-state index is 0.966. The van der Waals surface area contributed by atoms with Gasteiger partial charge < -0.3 is 5.84 Å². The normalized spacial score (nSPS) is 11.2. The molecule has 0 aliphatic rings. The molecule has 1 heterocycles. The molecule has 1 aromatic carbocycles. The largest absolute Gasteiger partial charge is 0.323 e. The van der Waals surface area contributed by atoms with E-state index in [2.05, 4.69) is 10.1 Å². The Bertz CT molecular complexity index is 489. The summed E-state index contributed by atoms with van der Waals surface area (Å²) in [5.74, 6) is 5.17. The zero-order chi connectivity index (χ0) is 9.97. The van der Waals surface area contributed by atoms with E-state index in [1.165, 1.54) is 0 Å². The molecular formula is C11H11N3. The third-order valence-electron chi connectivity index (χ3n) is 2.25. The van der Waals surface area contributed by atoms with Crippen molar-refractivity contribution in [3.05, 3.63) is 41.6 Å². The highest BCUT2D eigenvalue weighted by molar-refractivity contribution is 5.99. The van der Waals surface area contributed by atoms with Gasteiger partial charge in [0.15, 0.2) is 0 Å². The predicted molar refractivity (Wildman–Crippen MR) is 58.3 cm³/mol. The van der Waals surface area contributed by atoms with Crippen LogP contribution >= 0.6 is 0 Å². The lowest BCUT2D eigenvalue weighted by Crippen LogP contribution is -1.93. The number of aromatic nitrogens is 1. The first-order chi connectivity index (χ1) is 6.83. The van der Waals surface area contributed by atoms with Gasteiger partial charge in [0.1, 0.15) is 0 Å². The molecule has 0 amide bonds. The van der Waals surface area contributed by atoms with Crippen molar-refractivity contribution in [3.8, 4) is 0 Å². The number of hydrazone groups is 1. The van der Waals surface area contributed by atoms with Crippen molar-refractivity contribution in [1.29, 1.82) is 0 Å². The number of nitrogens with two attached hydrogens (primary N) is 1. The van der Waals surface area contributed by atoms with E-state index in [9.17, 15) is 0 Å². The summed E-state index contributed by atoms with van der Waals surface area (Å²) in [6, 6.07) is 7.95. The average Bonchev–Trinajstić information content (AvgIpc) is 2.23. The highest BCUT2D eigenvalue weighted by Gasteiger charge is 2.01. The highest BCUT2D eigenvalue weighted by atomic mass is 15.1. The molecule has 3 nitrogen and oxygen atoms in total. The van der Waals surface area contributed by atoms with Gasteiger partial charge in [-0.25, -0.2) is 0 Å². The van der Waals surface area contributed by atoms with E-state index in [4.69, 9.17) is 5.84 Å². The summed E-state index contributed by atoms with van der Waals surface area (Å²) in [5, 5.41) is 4.65. The van der Waals surface area contributed by atoms with E-state index in [-0.39, 0.29) is 0 Å². The predicted octanol–water partition coefficient (Wildman–Crippen LogP) is 1.84. The van der Waals surface area contributed by atoms with Gasteiger partial charge >= 0.3 is 0 Å². The van der Waals surface area contributed by atoms with Crippen LogP contribution in [0.3, 0.4) is 0 Å². The summed E-state index contributed by atoms with van der Waals surface area (Å²) in [5.41, 5.74) is 3.16. The van der Waals surface area contributed by atoms with Crippen molar-refractivity contribution in [2.45, 2.75) is 6.92 Å². The molecule has 1 aromatic heterocycles. The molecule has 0 aliphatic heterocycles. The molecule has 0 fully saturated rings. The molecule has 0 bridgehead atoms. The first kappa shape index (κ1) is 8.69. The molecule has 70 valence electrons. The molecule has 3 heteroatoms. The number of nitrogens with zero attached hydrogens (tertiary/aromatic N) is 2. The maximum absolute atomic E-state index is 5.17. The van der Waals surface area contributed by atoms with Crippen molar-refractivity contribution in [3.63, 3.8) is 0 Å². The fourth-order valence-corrected chi connectivity index (χ4v) is 1.53. The first-order valence-electron chi connectivity index (χ1n) is 4.40. The molecular weight excluding hydrogens is 174 g/mol. The minimum Gasteiger partial charge on any atom is -0.323 e. The molecule has 2 aromatic rings. The third-order valence-corrected chi connectivity index (χ3v) is 2.25. The van der Waals surface area contributed by atoms with E-state index in [0.29, 0.717) is 0 Å². The third kappa shape index (κ3) is 1.33. The topological polar surface area (TPSA) is 51.3 Å². The van der Waals surface area contributed by atoms with Crippen LogP contribution in [0.25, 0.3) is 10.9 Å². The van der Waals surface area contributed by atoms with Crippen LogP contribution in [0.2, 0.25) is 0 Å². The molecule has 2 N–H and O–H groups in total. The molecule has 14 heavy (non-hydrogen) atoms. The van der Waals surface area contributed by atoms with Gasteiger partial charge in [0.2, 0.25) is 0 Å². The Hall–Kier alpha value is -1.90. The Kier molecular flexibility index (Phi) is 2.14. The van der Waals surface area contributed by atoms with Crippen LogP contribution in [0.15, 0.2) is 35.6 Å². The minimum atomic E-state index is 0.966. The van der Waals surface area contributed by atoms with Crippen molar-refractivity contribution in [2.24, 2.45) is 10.9 Å². The Morgan fingerprint density at radius 1 is 1.36 bits per heavy atom. The molecule has 2 rings (SSSR count). The van der Waals surface area contributed by atoms with Crippen molar-refractivity contribution in [2.75, 3.05) is 0 Å². The van der Waals surface area contributed by atoms with Crippen molar-refractivity contribution >= 4 is 17.1 Å². The summed E-state index contributed by atoms with van der Waals surface area (Å²) in [6.07, 6.45) is 3.44. The summed E-state index contributed by atoms with van der Waals surface area (Å²) < 4.78 is 0. The Morgan fingerprint density at radius 3 is 3.00 bits per heavy atom. The standard InChI is InChI=1S/C11H11N3/c1-8-4-5-11-9(3-2-6-13-11)10(8)7-14-12/h2-7H,12H2,1H3. The lowest BCUT2D eigenvalue weighted by Gasteiger charge is -2.03. The van der Waals surface area contributed by atoms with E-state index in [1.54, 1.807) is 12.4 Å². The second-order valence-electron chi connectivity index (χ2n) is 3.14. The van der Waals surface area contributed by atoms with Crippen LogP contribution in [0.4, 0.5) is 0 Å². The maximum Gasteiger partial charge on any atom is 0.0708 e. The second kappa shape index (κ2) is 3.46. The van der Waals surface area contributed by atoms with Crippen molar-refractivity contribution < 1.29 is 0 Å². The zero-order valence-electron chi connectivity index (χ0n) is 7.94. The van der Waals surface area contributed by atoms with Gasteiger partial charge in [-0.2, -0.15) is 5.10 Å². The fourth-order valence-electron chi connectivity index (χ4n) is 1.53. The molecule has 0 atom stereocenters. The zero-order valence-corrected chi connectivity index (χ0v) is 7.94. The van der Waals surface area contributed by atoms with Gasteiger partial charge in [0, 0.05) is 17.1 Å². The van der Waals surface area contributed by atoms with Crippen LogP contribution in [0.1, 0.15) is 11.1 Å². The van der Waals surface area contributed by atoms with Crippen LogP contribution < -0.4 is 5.84 Å². The summed E-state index contributed by atoms with van der Waals surface area (Å²) in [6.45, 7) is 2.03. The number of hydrogen-bond donors (Lipinski definition) is 1. The molecule has 0 spiro atoms. The number of aryl methyl sites for hydroxylation is 1. The number of rotatable bonds is 1. The van der Waals surface area contributed by atoms with Crippen molar-refractivity contribution in [1.82, 2.24) is 4.98 Å². The van der Waals surface area contributed by atoms with Crippen LogP contribution in [-0.2, 0) is 0 Å². The fraction of sp³-hybridized carbons (Fsp3) is 0.0909. The summed E-state index contributed by atoms with van der Waals surface area (Å²) >= 11 is 0. The summed E-state index contributed by atoms with van der Waals surface area (Å²) in [7, 11) is 0. The van der Waals surface area contributed by atoms with Gasteiger partial charge in [-0.05, 0) is 24.6 Å². The average molecular weight is 185 g/mol. The lowest BCUT2D eigenvalue weighted by atomic mass is 10.0. The first-order valence-corrected chi connectivity index (χ1v) is 4.40. The highest BCUT2D eigenvalue weighted by Crippen LogP contribution is 2.18. The van der Waals surface area contributed by atoms with E-state index in [0.717, 1.165) is 22.0 Å². The van der Waals surface area contributed by atoms with Gasteiger partial charge in [-0.15, -0.1) is 0 Å². The maximum atomic E-state index is 5.17. The van der Waals surface area contributed by atoms with Crippen LogP contribution in [0, 0.1) is 6.92 Å². The number of hydrogen-bond acceptors (Lipinski definition) is 3. The summed E-state index contributed by atoms with van der Waals surface area (Å²) in [4.78, 5) is 4.26. The van der Waals surface area contributed by atoms with E-state index in [1.807, 2.05) is 31.2 Å². The number of benzene rings is 1. The SMILES string of the molecule is Cc1ccc2ncccc2c1C=NN. The number of pyridine rings is 1. The van der Waals surface area contributed by atoms with Crippen LogP contribution in [-0.4, -0.2) is 11.2 Å². The van der Waals surface area contributed by atoms with E-state index >= 15 is 0 Å². The van der Waals surface area contributed by atoms with Gasteiger partial charge in [0.05, 0.1) is 11.7 Å². The van der Waals surface area contributed by atoms with Gasteiger partial charge in [0.25, 0.3) is 0 Å². The van der Waals surface area contributed by atoms with Gasteiger partial charge in [-0.3, -0.25) is 4.98 Å². The monoisotopic (exact) mass is 185 g/mol. The van der Waals surface area contributed by atoms with Gasteiger partial charge in [-0.1, -0.05) is 12.1 Å². The van der Waals surface area contributed by atoms with E-state index < -0.39 is 0 Å². The second-order valence-corrected chi connectivity index (χ2v) is 3.14. The quantitative estimate of drug-likeness (QED) is 0.418.